The topological polar surface area (TPSA) is 44.8 Å². The van der Waals surface area contributed by atoms with E-state index in [1.54, 1.807) is 0 Å². The van der Waals surface area contributed by atoms with Crippen LogP contribution in [0.2, 0.25) is 0 Å². The van der Waals surface area contributed by atoms with Gasteiger partial charge in [0.15, 0.2) is 0 Å². The number of likely N-dealkylation sites (N-methyl/N-ethyl adjacent to an activating group) is 1. The van der Waals surface area contributed by atoms with Crippen molar-refractivity contribution in [3.63, 3.8) is 0 Å². The van der Waals surface area contributed by atoms with Gasteiger partial charge in [-0.05, 0) is 24.7 Å². The van der Waals surface area contributed by atoms with E-state index >= 15 is 0 Å². The van der Waals surface area contributed by atoms with Crippen molar-refractivity contribution in [3.8, 4) is 0 Å². The van der Waals surface area contributed by atoms with Gasteiger partial charge in [0.2, 0.25) is 0 Å². The van der Waals surface area contributed by atoms with E-state index in [4.69, 9.17) is 4.74 Å². The average molecular weight is 291 g/mol. The molecule has 21 heavy (non-hydrogen) atoms. The molecule has 0 bridgehead atoms. The molecule has 0 unspecified atom stereocenters. The van der Waals surface area contributed by atoms with Crippen LogP contribution in [-0.2, 0) is 11.3 Å². The Bertz CT molecular complexity index is 441. The molecule has 1 aliphatic rings. The third-order valence-corrected chi connectivity index (χ3v) is 3.84. The van der Waals surface area contributed by atoms with Gasteiger partial charge in [0.05, 0.1) is 12.7 Å². The van der Waals surface area contributed by atoms with Gasteiger partial charge in [0.1, 0.15) is 0 Å². The fourth-order valence-corrected chi connectivity index (χ4v) is 2.50. The third-order valence-electron chi connectivity index (χ3n) is 3.84. The summed E-state index contributed by atoms with van der Waals surface area (Å²) < 4.78 is 4.70. The number of rotatable bonds is 6. The predicted octanol–water partition coefficient (Wildman–Crippen LogP) is 0.810. The zero-order chi connectivity index (χ0) is 15.1. The van der Waals surface area contributed by atoms with E-state index in [2.05, 4.69) is 22.2 Å². The van der Waals surface area contributed by atoms with E-state index in [1.807, 2.05) is 24.3 Å². The first-order valence-corrected chi connectivity index (χ1v) is 7.48. The molecule has 1 saturated heterocycles. The summed E-state index contributed by atoms with van der Waals surface area (Å²) in [7, 11) is 3.54. The molecule has 0 aromatic heterocycles. The Balaban J connectivity index is 1.76. The van der Waals surface area contributed by atoms with E-state index in [-0.39, 0.29) is 5.97 Å². The second-order valence-electron chi connectivity index (χ2n) is 5.52. The van der Waals surface area contributed by atoms with Crippen LogP contribution in [0.5, 0.6) is 0 Å². The molecule has 1 N–H and O–H groups in total. The highest BCUT2D eigenvalue weighted by molar-refractivity contribution is 5.89. The van der Waals surface area contributed by atoms with Gasteiger partial charge < -0.3 is 15.0 Å². The van der Waals surface area contributed by atoms with Gasteiger partial charge in [0, 0.05) is 45.8 Å². The van der Waals surface area contributed by atoms with Crippen molar-refractivity contribution in [2.24, 2.45) is 0 Å². The maximum absolute atomic E-state index is 11.4. The molecule has 1 aromatic rings. The van der Waals surface area contributed by atoms with Crippen LogP contribution >= 0.6 is 0 Å². The third kappa shape index (κ3) is 5.12. The predicted molar refractivity (Wildman–Crippen MR) is 83.4 cm³/mol. The molecule has 2 rings (SSSR count). The molecule has 1 heterocycles. The maximum Gasteiger partial charge on any atom is 0.337 e. The van der Waals surface area contributed by atoms with Crippen LogP contribution in [0.1, 0.15) is 15.9 Å². The fourth-order valence-electron chi connectivity index (χ4n) is 2.50. The fraction of sp³-hybridized carbons (Fsp3) is 0.562. The number of hydrogen-bond donors (Lipinski definition) is 1. The van der Waals surface area contributed by atoms with Crippen molar-refractivity contribution in [2.45, 2.75) is 6.54 Å². The molecular formula is C16H25N3O2. The molecule has 1 aliphatic heterocycles. The van der Waals surface area contributed by atoms with Crippen LogP contribution in [0.25, 0.3) is 0 Å². The first-order valence-electron chi connectivity index (χ1n) is 7.48. The molecule has 1 aromatic carbocycles. The average Bonchev–Trinajstić information content (AvgIpc) is 2.54. The lowest BCUT2D eigenvalue weighted by molar-refractivity contribution is 0.0600. The molecule has 0 radical (unpaired) electrons. The Morgan fingerprint density at radius 2 is 1.95 bits per heavy atom. The first-order chi connectivity index (χ1) is 10.2. The number of benzene rings is 1. The molecular weight excluding hydrogens is 266 g/mol. The monoisotopic (exact) mass is 291 g/mol. The Hall–Kier alpha value is -1.43. The number of ether oxygens (including phenoxy) is 1. The highest BCUT2D eigenvalue weighted by Gasteiger charge is 2.10. The number of hydrogen-bond acceptors (Lipinski definition) is 5. The lowest BCUT2D eigenvalue weighted by atomic mass is 10.1. The van der Waals surface area contributed by atoms with Crippen molar-refractivity contribution in [1.82, 2.24) is 15.1 Å². The van der Waals surface area contributed by atoms with Crippen molar-refractivity contribution < 1.29 is 9.53 Å². The van der Waals surface area contributed by atoms with E-state index < -0.39 is 0 Å². The summed E-state index contributed by atoms with van der Waals surface area (Å²) in [5.74, 6) is -0.284. The van der Waals surface area contributed by atoms with E-state index in [1.165, 1.54) is 12.7 Å². The van der Waals surface area contributed by atoms with Gasteiger partial charge in [-0.2, -0.15) is 0 Å². The number of carbonyl (C=O) groups is 1. The summed E-state index contributed by atoms with van der Waals surface area (Å²) in [6, 6.07) is 7.64. The van der Waals surface area contributed by atoms with E-state index in [0.717, 1.165) is 45.8 Å². The second-order valence-corrected chi connectivity index (χ2v) is 5.52. The van der Waals surface area contributed by atoms with E-state index in [0.29, 0.717) is 5.56 Å². The number of methoxy groups -OCH3 is 1. The molecule has 0 saturated carbocycles. The molecule has 1 fully saturated rings. The van der Waals surface area contributed by atoms with Gasteiger partial charge in [-0.1, -0.05) is 12.1 Å². The summed E-state index contributed by atoms with van der Waals surface area (Å²) in [6.07, 6.45) is 0. The number of nitrogens with one attached hydrogen (secondary N) is 1. The Labute approximate surface area is 126 Å². The molecule has 0 spiro atoms. The maximum atomic E-state index is 11.4. The van der Waals surface area contributed by atoms with Crippen molar-refractivity contribution >= 4 is 5.97 Å². The second kappa shape index (κ2) is 8.12. The zero-order valence-electron chi connectivity index (χ0n) is 13.0. The summed E-state index contributed by atoms with van der Waals surface area (Å²) >= 11 is 0. The van der Waals surface area contributed by atoms with Crippen molar-refractivity contribution in [2.75, 3.05) is 53.4 Å². The number of carbonyl (C=O) groups excluding carboxylic acids is 1. The van der Waals surface area contributed by atoms with Gasteiger partial charge in [-0.15, -0.1) is 0 Å². The van der Waals surface area contributed by atoms with Crippen LogP contribution in [-0.4, -0.2) is 69.2 Å². The molecule has 0 atom stereocenters. The zero-order valence-corrected chi connectivity index (χ0v) is 13.0. The molecule has 5 heteroatoms. The highest BCUT2D eigenvalue weighted by atomic mass is 16.5. The van der Waals surface area contributed by atoms with Gasteiger partial charge >= 0.3 is 5.97 Å². The van der Waals surface area contributed by atoms with Crippen LogP contribution in [0.3, 0.4) is 0 Å². The summed E-state index contributed by atoms with van der Waals surface area (Å²) in [5.41, 5.74) is 1.81. The first kappa shape index (κ1) is 15.9. The molecule has 116 valence electrons. The number of esters is 1. The minimum atomic E-state index is -0.284. The summed E-state index contributed by atoms with van der Waals surface area (Å²) in [4.78, 5) is 16.2. The van der Waals surface area contributed by atoms with Crippen molar-refractivity contribution in [1.29, 1.82) is 0 Å². The SMILES string of the molecule is COC(=O)c1ccc(CN(C)CCN2CCNCC2)cc1. The van der Waals surface area contributed by atoms with Crippen LogP contribution in [0.15, 0.2) is 24.3 Å². The molecule has 0 amide bonds. The van der Waals surface area contributed by atoms with Gasteiger partial charge in [0.25, 0.3) is 0 Å². The minimum Gasteiger partial charge on any atom is -0.465 e. The minimum absolute atomic E-state index is 0.284. The Kier molecular flexibility index (Phi) is 6.17. The number of piperazine rings is 1. The Morgan fingerprint density at radius 3 is 2.57 bits per heavy atom. The van der Waals surface area contributed by atoms with Crippen LogP contribution < -0.4 is 5.32 Å². The highest BCUT2D eigenvalue weighted by Crippen LogP contribution is 2.08. The van der Waals surface area contributed by atoms with Crippen LogP contribution in [0.4, 0.5) is 0 Å². The Morgan fingerprint density at radius 1 is 1.29 bits per heavy atom. The lowest BCUT2D eigenvalue weighted by Gasteiger charge is -2.29. The van der Waals surface area contributed by atoms with Crippen molar-refractivity contribution in [3.05, 3.63) is 35.4 Å². The summed E-state index contributed by atoms with van der Waals surface area (Å²) in [5, 5.41) is 3.37. The quantitative estimate of drug-likeness (QED) is 0.786. The largest absolute Gasteiger partial charge is 0.465 e. The van der Waals surface area contributed by atoms with Gasteiger partial charge in [-0.25, -0.2) is 4.79 Å². The molecule has 0 aliphatic carbocycles. The number of nitrogens with zero attached hydrogens (tertiary/aromatic N) is 2. The van der Waals surface area contributed by atoms with E-state index in [9.17, 15) is 4.79 Å². The normalized spacial score (nSPS) is 16.1. The van der Waals surface area contributed by atoms with Crippen LogP contribution in [0, 0.1) is 0 Å². The smallest absolute Gasteiger partial charge is 0.337 e. The molecule has 5 nitrogen and oxygen atoms in total. The van der Waals surface area contributed by atoms with Gasteiger partial charge in [-0.3, -0.25) is 4.90 Å². The standard InChI is InChI=1S/C16H25N3O2/c1-18(11-12-19-9-7-17-8-10-19)13-14-3-5-15(6-4-14)16(20)21-2/h3-6,17H,7-13H2,1-2H3. The summed E-state index contributed by atoms with van der Waals surface area (Å²) in [6.45, 7) is 7.53. The lowest BCUT2D eigenvalue weighted by Crippen LogP contribution is -2.45.